The Morgan fingerprint density at radius 1 is 1.23 bits per heavy atom. The molecule has 0 fully saturated rings. The van der Waals surface area contributed by atoms with Crippen molar-refractivity contribution >= 4 is 38.9 Å². The van der Waals surface area contributed by atoms with Crippen molar-refractivity contribution < 1.29 is 14.2 Å². The summed E-state index contributed by atoms with van der Waals surface area (Å²) in [6, 6.07) is 9.33. The minimum Gasteiger partial charge on any atom is -0.444 e. The fourth-order valence-corrected chi connectivity index (χ4v) is 2.72. The first kappa shape index (κ1) is 16.2. The van der Waals surface area contributed by atoms with Crippen LogP contribution in [0.4, 0.5) is 10.6 Å². The van der Waals surface area contributed by atoms with E-state index in [1.54, 1.807) is 12.4 Å². The lowest BCUT2D eigenvalue weighted by Gasteiger charge is -2.05. The highest BCUT2D eigenvalue weighted by molar-refractivity contribution is 9.10. The van der Waals surface area contributed by atoms with Crippen molar-refractivity contribution in [2.75, 3.05) is 5.32 Å². The van der Waals surface area contributed by atoms with Crippen LogP contribution in [0.1, 0.15) is 5.56 Å². The second-order valence-corrected chi connectivity index (χ2v) is 6.11. The molecule has 4 aromatic rings. The topological polar surface area (TPSA) is 119 Å². The Labute approximate surface area is 154 Å². The molecule has 3 heterocycles. The first-order valence-corrected chi connectivity index (χ1v) is 8.30. The van der Waals surface area contributed by atoms with E-state index in [1.807, 2.05) is 30.3 Å². The summed E-state index contributed by atoms with van der Waals surface area (Å²) < 4.78 is 10.6. The molecule has 0 bridgehead atoms. The largest absolute Gasteiger partial charge is 0.444 e. The fourth-order valence-electron chi connectivity index (χ4n) is 2.29. The van der Waals surface area contributed by atoms with Crippen LogP contribution in [0.15, 0.2) is 51.8 Å². The predicted octanol–water partition coefficient (Wildman–Crippen LogP) is 3.52. The van der Waals surface area contributed by atoms with Gasteiger partial charge in [0.2, 0.25) is 5.82 Å². The Hall–Kier alpha value is -3.27. The number of hydrogen-bond acceptors (Lipinski definition) is 7. The van der Waals surface area contributed by atoms with E-state index in [9.17, 15) is 4.79 Å². The van der Waals surface area contributed by atoms with Crippen LogP contribution in [0.2, 0.25) is 0 Å². The lowest BCUT2D eigenvalue weighted by molar-refractivity contribution is 0.155. The summed E-state index contributed by atoms with van der Waals surface area (Å²) in [7, 11) is 0. The van der Waals surface area contributed by atoms with Gasteiger partial charge in [0.25, 0.3) is 0 Å². The molecule has 0 saturated carbocycles. The molecule has 0 atom stereocenters. The molecule has 2 N–H and O–H groups in total. The number of H-pyrrole nitrogens is 1. The monoisotopic (exact) mass is 414 g/mol. The van der Waals surface area contributed by atoms with Gasteiger partial charge in [-0.25, -0.2) is 14.4 Å². The molecule has 1 amide bonds. The van der Waals surface area contributed by atoms with E-state index >= 15 is 0 Å². The lowest BCUT2D eigenvalue weighted by atomic mass is 10.2. The van der Waals surface area contributed by atoms with Gasteiger partial charge < -0.3 is 9.72 Å². The van der Waals surface area contributed by atoms with Crippen LogP contribution in [0.25, 0.3) is 22.6 Å². The zero-order chi connectivity index (χ0) is 17.9. The van der Waals surface area contributed by atoms with Crippen LogP contribution in [0.3, 0.4) is 0 Å². The van der Waals surface area contributed by atoms with E-state index < -0.39 is 6.09 Å². The molecular weight excluding hydrogens is 404 g/mol. The molecule has 26 heavy (non-hydrogen) atoms. The third-order valence-corrected chi connectivity index (χ3v) is 4.08. The average Bonchev–Trinajstić information content (AvgIpc) is 3.28. The quantitative estimate of drug-likeness (QED) is 0.524. The van der Waals surface area contributed by atoms with E-state index in [-0.39, 0.29) is 18.1 Å². The number of aromatic amines is 1. The zero-order valence-electron chi connectivity index (χ0n) is 13.1. The number of pyridine rings is 1. The molecule has 130 valence electrons. The van der Waals surface area contributed by atoms with Gasteiger partial charge in [0.1, 0.15) is 12.1 Å². The van der Waals surface area contributed by atoms with Crippen molar-refractivity contribution in [2.45, 2.75) is 6.61 Å². The van der Waals surface area contributed by atoms with Gasteiger partial charge in [-0.05, 0) is 31.8 Å². The SMILES string of the molecule is O=C(Nc1nonc1-c1nc2c(Br)cncc2[nH]1)OCc1ccccc1. The lowest BCUT2D eigenvalue weighted by Crippen LogP contribution is -2.14. The van der Waals surface area contributed by atoms with Crippen molar-refractivity contribution in [1.82, 2.24) is 25.3 Å². The summed E-state index contributed by atoms with van der Waals surface area (Å²) in [5.74, 6) is 0.486. The number of hydrogen-bond donors (Lipinski definition) is 2. The van der Waals surface area contributed by atoms with Gasteiger partial charge in [0.05, 0.1) is 16.2 Å². The maximum atomic E-state index is 12.0. The highest BCUT2D eigenvalue weighted by Crippen LogP contribution is 2.27. The average molecular weight is 415 g/mol. The summed E-state index contributed by atoms with van der Waals surface area (Å²) in [6.45, 7) is 0.135. The highest BCUT2D eigenvalue weighted by atomic mass is 79.9. The number of rotatable bonds is 4. The van der Waals surface area contributed by atoms with Crippen LogP contribution in [-0.2, 0) is 11.3 Å². The summed E-state index contributed by atoms with van der Waals surface area (Å²) in [5, 5.41) is 9.99. The molecule has 0 aliphatic carbocycles. The molecule has 0 saturated heterocycles. The first-order chi connectivity index (χ1) is 12.7. The minimum absolute atomic E-state index is 0.103. The number of carbonyl (C=O) groups excluding carboxylic acids is 1. The maximum absolute atomic E-state index is 12.0. The molecule has 3 aromatic heterocycles. The van der Waals surface area contributed by atoms with Gasteiger partial charge in [-0.15, -0.1) is 0 Å². The Morgan fingerprint density at radius 2 is 2.08 bits per heavy atom. The van der Waals surface area contributed by atoms with Gasteiger partial charge in [-0.1, -0.05) is 30.3 Å². The molecule has 0 radical (unpaired) electrons. The summed E-state index contributed by atoms with van der Waals surface area (Å²) in [4.78, 5) is 23.5. The predicted molar refractivity (Wildman–Crippen MR) is 95.1 cm³/mol. The van der Waals surface area contributed by atoms with Crippen LogP contribution in [0, 0.1) is 0 Å². The fraction of sp³-hybridized carbons (Fsp3) is 0.0625. The summed E-state index contributed by atoms with van der Waals surface area (Å²) in [5.41, 5.74) is 2.51. The van der Waals surface area contributed by atoms with Gasteiger partial charge in [0.15, 0.2) is 11.5 Å². The molecule has 0 aliphatic heterocycles. The molecule has 0 spiro atoms. The van der Waals surface area contributed by atoms with Crippen molar-refractivity contribution in [1.29, 1.82) is 0 Å². The standard InChI is InChI=1S/C16H11BrN6O3/c17-10-6-18-7-11-12(10)20-14(19-11)13-15(23-26-22-13)21-16(24)25-8-9-4-2-1-3-5-9/h1-7H,8H2,(H,19,20)(H,21,23,24). The second-order valence-electron chi connectivity index (χ2n) is 5.25. The van der Waals surface area contributed by atoms with Crippen molar-refractivity contribution in [3.63, 3.8) is 0 Å². The smallest absolute Gasteiger partial charge is 0.413 e. The van der Waals surface area contributed by atoms with Crippen LogP contribution in [0.5, 0.6) is 0 Å². The first-order valence-electron chi connectivity index (χ1n) is 7.50. The Bertz CT molecular complexity index is 1060. The number of benzene rings is 1. The molecular formula is C16H11BrN6O3. The number of fused-ring (bicyclic) bond motifs is 1. The van der Waals surface area contributed by atoms with Gasteiger partial charge in [0, 0.05) is 6.20 Å². The number of nitrogens with one attached hydrogen (secondary N) is 2. The molecule has 1 aromatic carbocycles. The highest BCUT2D eigenvalue weighted by Gasteiger charge is 2.19. The number of imidazole rings is 1. The number of carbonyl (C=O) groups is 1. The number of halogens is 1. The number of amides is 1. The Kier molecular flexibility index (Phi) is 4.32. The number of ether oxygens (including phenoxy) is 1. The van der Waals surface area contributed by atoms with Crippen LogP contribution < -0.4 is 5.32 Å². The van der Waals surface area contributed by atoms with Gasteiger partial charge in [-0.2, -0.15) is 0 Å². The zero-order valence-corrected chi connectivity index (χ0v) is 14.7. The van der Waals surface area contributed by atoms with E-state index in [4.69, 9.17) is 9.37 Å². The van der Waals surface area contributed by atoms with Crippen molar-refractivity contribution in [2.24, 2.45) is 0 Å². The normalized spacial score (nSPS) is 10.8. The molecule has 4 rings (SSSR count). The second kappa shape index (κ2) is 6.92. The van der Waals surface area contributed by atoms with Crippen LogP contribution >= 0.6 is 15.9 Å². The van der Waals surface area contributed by atoms with Gasteiger partial charge >= 0.3 is 6.09 Å². The van der Waals surface area contributed by atoms with E-state index in [2.05, 4.69) is 46.5 Å². The molecule has 0 aliphatic rings. The minimum atomic E-state index is -0.676. The summed E-state index contributed by atoms with van der Waals surface area (Å²) in [6.07, 6.45) is 2.59. The van der Waals surface area contributed by atoms with E-state index in [0.717, 1.165) is 10.0 Å². The third-order valence-electron chi connectivity index (χ3n) is 3.50. The number of anilines is 1. The molecule has 9 nitrogen and oxygen atoms in total. The number of nitrogens with zero attached hydrogens (tertiary/aromatic N) is 4. The van der Waals surface area contributed by atoms with E-state index in [1.165, 1.54) is 0 Å². The molecule has 0 unspecified atom stereocenters. The van der Waals surface area contributed by atoms with E-state index in [0.29, 0.717) is 16.9 Å². The van der Waals surface area contributed by atoms with Crippen molar-refractivity contribution in [3.05, 3.63) is 52.8 Å². The number of aromatic nitrogens is 5. The van der Waals surface area contributed by atoms with Crippen LogP contribution in [-0.4, -0.2) is 31.4 Å². The Balaban J connectivity index is 1.51. The summed E-state index contributed by atoms with van der Waals surface area (Å²) >= 11 is 3.38. The van der Waals surface area contributed by atoms with Crippen molar-refractivity contribution in [3.8, 4) is 11.5 Å². The third kappa shape index (κ3) is 3.26. The Morgan fingerprint density at radius 3 is 2.88 bits per heavy atom. The van der Waals surface area contributed by atoms with Gasteiger partial charge in [-0.3, -0.25) is 10.3 Å². The molecule has 10 heteroatoms. The maximum Gasteiger partial charge on any atom is 0.413 e.